The number of likely N-dealkylation sites (tertiary alicyclic amines) is 1. The lowest BCUT2D eigenvalue weighted by atomic mass is 9.99. The van der Waals surface area contributed by atoms with Crippen LogP contribution in [0.2, 0.25) is 0 Å². The van der Waals surface area contributed by atoms with Gasteiger partial charge in [0.1, 0.15) is 5.75 Å². The maximum absolute atomic E-state index is 12.0. The van der Waals surface area contributed by atoms with Gasteiger partial charge in [-0.2, -0.15) is 0 Å². The van der Waals surface area contributed by atoms with E-state index in [0.29, 0.717) is 13.0 Å². The number of halogens is 1. The summed E-state index contributed by atoms with van der Waals surface area (Å²) in [5.74, 6) is 1.88. The van der Waals surface area contributed by atoms with Crippen LogP contribution >= 0.6 is 15.9 Å². The van der Waals surface area contributed by atoms with Crippen LogP contribution in [-0.2, 0) is 4.79 Å². The topological polar surface area (TPSA) is 29.5 Å². The first-order valence-electron chi connectivity index (χ1n) is 7.31. The first-order chi connectivity index (χ1) is 9.65. The van der Waals surface area contributed by atoms with Gasteiger partial charge in [-0.1, -0.05) is 28.9 Å². The van der Waals surface area contributed by atoms with Gasteiger partial charge in [0.2, 0.25) is 5.91 Å². The van der Waals surface area contributed by atoms with E-state index < -0.39 is 0 Å². The summed E-state index contributed by atoms with van der Waals surface area (Å²) < 4.78 is 6.65. The highest BCUT2D eigenvalue weighted by molar-refractivity contribution is 9.10. The quantitative estimate of drug-likeness (QED) is 0.762. The molecule has 0 spiro atoms. The first-order valence-corrected chi connectivity index (χ1v) is 8.10. The SMILES string of the molecule is CC1CCN(C(=O)CCCOc2cccc(Br)c2)CC1. The molecule has 2 rings (SSSR count). The molecule has 1 aromatic carbocycles. The fourth-order valence-electron chi connectivity index (χ4n) is 2.39. The molecule has 1 aliphatic heterocycles. The molecule has 0 aromatic heterocycles. The standard InChI is InChI=1S/C16H22BrNO2/c1-13-7-9-18(10-8-13)16(19)6-3-11-20-15-5-2-4-14(17)12-15/h2,4-5,12-13H,3,6-11H2,1H3. The summed E-state index contributed by atoms with van der Waals surface area (Å²) in [5, 5.41) is 0. The molecule has 0 atom stereocenters. The van der Waals surface area contributed by atoms with Crippen LogP contribution in [0.4, 0.5) is 0 Å². The van der Waals surface area contributed by atoms with Crippen molar-refractivity contribution < 1.29 is 9.53 Å². The third kappa shape index (κ3) is 4.82. The number of piperidine rings is 1. The Hall–Kier alpha value is -1.03. The van der Waals surface area contributed by atoms with Crippen LogP contribution in [0.15, 0.2) is 28.7 Å². The predicted octanol–water partition coefficient (Wildman–Crippen LogP) is 3.87. The average molecular weight is 340 g/mol. The molecular weight excluding hydrogens is 318 g/mol. The van der Waals surface area contributed by atoms with Crippen molar-refractivity contribution >= 4 is 21.8 Å². The van der Waals surface area contributed by atoms with E-state index >= 15 is 0 Å². The van der Waals surface area contributed by atoms with E-state index in [9.17, 15) is 4.79 Å². The molecule has 4 heteroatoms. The lowest BCUT2D eigenvalue weighted by Crippen LogP contribution is -2.37. The van der Waals surface area contributed by atoms with Crippen LogP contribution < -0.4 is 4.74 Å². The van der Waals surface area contributed by atoms with E-state index in [-0.39, 0.29) is 5.91 Å². The van der Waals surface area contributed by atoms with Crippen molar-refractivity contribution in [2.45, 2.75) is 32.6 Å². The lowest BCUT2D eigenvalue weighted by molar-refractivity contribution is -0.132. The molecule has 110 valence electrons. The molecule has 20 heavy (non-hydrogen) atoms. The van der Waals surface area contributed by atoms with Crippen LogP contribution in [0.25, 0.3) is 0 Å². The summed E-state index contributed by atoms with van der Waals surface area (Å²) in [6.07, 6.45) is 3.64. The summed E-state index contributed by atoms with van der Waals surface area (Å²) in [4.78, 5) is 14.0. The summed E-state index contributed by atoms with van der Waals surface area (Å²) in [7, 11) is 0. The molecule has 1 amide bonds. The molecule has 0 bridgehead atoms. The molecular formula is C16H22BrNO2. The predicted molar refractivity (Wildman–Crippen MR) is 83.8 cm³/mol. The number of carbonyl (C=O) groups excluding carboxylic acids is 1. The number of benzene rings is 1. The molecule has 3 nitrogen and oxygen atoms in total. The highest BCUT2D eigenvalue weighted by atomic mass is 79.9. The van der Waals surface area contributed by atoms with Crippen molar-refractivity contribution in [2.24, 2.45) is 5.92 Å². The smallest absolute Gasteiger partial charge is 0.222 e. The zero-order valence-electron chi connectivity index (χ0n) is 12.0. The van der Waals surface area contributed by atoms with Crippen molar-refractivity contribution in [1.82, 2.24) is 4.90 Å². The highest BCUT2D eigenvalue weighted by Crippen LogP contribution is 2.19. The second kappa shape index (κ2) is 7.67. The van der Waals surface area contributed by atoms with Gasteiger partial charge in [-0.3, -0.25) is 4.79 Å². The molecule has 0 saturated carbocycles. The van der Waals surface area contributed by atoms with E-state index in [1.807, 2.05) is 29.2 Å². The second-order valence-corrected chi connectivity index (χ2v) is 6.39. The Balaban J connectivity index is 1.64. The molecule has 1 saturated heterocycles. The van der Waals surface area contributed by atoms with Crippen molar-refractivity contribution in [3.63, 3.8) is 0 Å². The van der Waals surface area contributed by atoms with Gasteiger partial charge in [0.15, 0.2) is 0 Å². The van der Waals surface area contributed by atoms with Gasteiger partial charge < -0.3 is 9.64 Å². The maximum Gasteiger partial charge on any atom is 0.222 e. The van der Waals surface area contributed by atoms with Gasteiger partial charge in [0.05, 0.1) is 6.61 Å². The first kappa shape index (κ1) is 15.4. The maximum atomic E-state index is 12.0. The Labute approximate surface area is 129 Å². The number of rotatable bonds is 5. The third-order valence-corrected chi connectivity index (χ3v) is 4.23. The van der Waals surface area contributed by atoms with Crippen molar-refractivity contribution in [2.75, 3.05) is 19.7 Å². The molecule has 0 radical (unpaired) electrons. The van der Waals surface area contributed by atoms with E-state index in [2.05, 4.69) is 22.9 Å². The van der Waals surface area contributed by atoms with Crippen LogP contribution in [-0.4, -0.2) is 30.5 Å². The Morgan fingerprint density at radius 1 is 1.40 bits per heavy atom. The summed E-state index contributed by atoms with van der Waals surface area (Å²) in [6.45, 7) is 4.69. The van der Waals surface area contributed by atoms with E-state index in [4.69, 9.17) is 4.74 Å². The Morgan fingerprint density at radius 3 is 2.85 bits per heavy atom. The van der Waals surface area contributed by atoms with Gasteiger partial charge >= 0.3 is 0 Å². The fourth-order valence-corrected chi connectivity index (χ4v) is 2.76. The number of carbonyl (C=O) groups is 1. The van der Waals surface area contributed by atoms with Gasteiger partial charge in [-0.15, -0.1) is 0 Å². The molecule has 1 aromatic rings. The van der Waals surface area contributed by atoms with Crippen molar-refractivity contribution in [3.05, 3.63) is 28.7 Å². The van der Waals surface area contributed by atoms with Gasteiger partial charge in [0, 0.05) is 24.0 Å². The van der Waals surface area contributed by atoms with Crippen LogP contribution in [0, 0.1) is 5.92 Å². The second-order valence-electron chi connectivity index (χ2n) is 5.47. The van der Waals surface area contributed by atoms with Crippen LogP contribution in [0.1, 0.15) is 32.6 Å². The number of nitrogens with zero attached hydrogens (tertiary/aromatic N) is 1. The summed E-state index contributed by atoms with van der Waals surface area (Å²) in [6, 6.07) is 7.78. The largest absolute Gasteiger partial charge is 0.494 e. The summed E-state index contributed by atoms with van der Waals surface area (Å²) in [5.41, 5.74) is 0. The van der Waals surface area contributed by atoms with E-state index in [1.165, 1.54) is 0 Å². The van der Waals surface area contributed by atoms with Gasteiger partial charge in [-0.05, 0) is 43.4 Å². The molecule has 0 aliphatic carbocycles. The third-order valence-electron chi connectivity index (χ3n) is 3.74. The van der Waals surface area contributed by atoms with Crippen LogP contribution in [0.5, 0.6) is 5.75 Å². The molecule has 1 aliphatic rings. The molecule has 0 unspecified atom stereocenters. The lowest BCUT2D eigenvalue weighted by Gasteiger charge is -2.30. The average Bonchev–Trinajstić information content (AvgIpc) is 2.44. The highest BCUT2D eigenvalue weighted by Gasteiger charge is 2.19. The van der Waals surface area contributed by atoms with Gasteiger partial charge in [-0.25, -0.2) is 0 Å². The van der Waals surface area contributed by atoms with Crippen molar-refractivity contribution in [1.29, 1.82) is 0 Å². The minimum absolute atomic E-state index is 0.273. The normalized spacial score (nSPS) is 16.2. The van der Waals surface area contributed by atoms with Gasteiger partial charge in [0.25, 0.3) is 0 Å². The fraction of sp³-hybridized carbons (Fsp3) is 0.562. The Morgan fingerprint density at radius 2 is 2.15 bits per heavy atom. The van der Waals surface area contributed by atoms with Crippen LogP contribution in [0.3, 0.4) is 0 Å². The van der Waals surface area contributed by atoms with Crippen molar-refractivity contribution in [3.8, 4) is 5.75 Å². The number of hydrogen-bond acceptors (Lipinski definition) is 2. The van der Waals surface area contributed by atoms with E-state index in [1.54, 1.807) is 0 Å². The number of amides is 1. The summed E-state index contributed by atoms with van der Waals surface area (Å²) >= 11 is 3.41. The number of hydrogen-bond donors (Lipinski definition) is 0. The number of ether oxygens (including phenoxy) is 1. The zero-order valence-corrected chi connectivity index (χ0v) is 13.6. The molecule has 0 N–H and O–H groups in total. The Bertz CT molecular complexity index is 442. The molecule has 1 fully saturated rings. The zero-order chi connectivity index (χ0) is 14.4. The van der Waals surface area contributed by atoms with E-state index in [0.717, 1.165) is 48.5 Å². The monoisotopic (exact) mass is 339 g/mol. The molecule has 1 heterocycles. The minimum atomic E-state index is 0.273. The Kier molecular flexibility index (Phi) is 5.89. The minimum Gasteiger partial charge on any atom is -0.494 e.